The van der Waals surface area contributed by atoms with Crippen LogP contribution in [0.4, 0.5) is 5.95 Å². The summed E-state index contributed by atoms with van der Waals surface area (Å²) in [4.78, 5) is 22.7. The highest BCUT2D eigenvalue weighted by molar-refractivity contribution is 5.87. The van der Waals surface area contributed by atoms with Crippen LogP contribution in [0.2, 0.25) is 0 Å². The quantitative estimate of drug-likeness (QED) is 0.768. The van der Waals surface area contributed by atoms with E-state index >= 15 is 0 Å². The molecule has 0 N–H and O–H groups in total. The molecule has 1 fully saturated rings. The molecule has 6 heteroatoms. The number of hydrogen-bond donors (Lipinski definition) is 0. The fourth-order valence-corrected chi connectivity index (χ4v) is 3.28. The van der Waals surface area contributed by atoms with Crippen molar-refractivity contribution in [2.75, 3.05) is 31.7 Å². The van der Waals surface area contributed by atoms with Crippen LogP contribution < -0.4 is 9.64 Å². The van der Waals surface area contributed by atoms with Gasteiger partial charge in [-0.15, -0.1) is 0 Å². The maximum absolute atomic E-state index is 11.8. The fraction of sp³-hybridized carbons (Fsp3) is 0.450. The molecule has 0 amide bonds. The zero-order valence-electron chi connectivity index (χ0n) is 15.8. The van der Waals surface area contributed by atoms with Crippen LogP contribution in [0, 0.1) is 26.7 Å². The van der Waals surface area contributed by atoms with Crippen LogP contribution in [-0.2, 0) is 4.74 Å². The Morgan fingerprint density at radius 1 is 1.15 bits per heavy atom. The van der Waals surface area contributed by atoms with E-state index in [2.05, 4.69) is 46.9 Å². The molecular formula is C20H25N3O3. The van der Waals surface area contributed by atoms with Gasteiger partial charge >= 0.3 is 5.97 Å². The second kappa shape index (κ2) is 7.72. The smallest absolute Gasteiger partial charge is 0.356 e. The number of aromatic nitrogens is 2. The van der Waals surface area contributed by atoms with E-state index in [1.807, 2.05) is 6.92 Å². The van der Waals surface area contributed by atoms with Gasteiger partial charge in [-0.2, -0.15) is 0 Å². The van der Waals surface area contributed by atoms with Gasteiger partial charge in [-0.25, -0.2) is 14.8 Å². The van der Waals surface area contributed by atoms with E-state index in [0.29, 0.717) is 24.2 Å². The molecule has 0 saturated carbocycles. The predicted octanol–water partition coefficient (Wildman–Crippen LogP) is 3.09. The molecule has 138 valence electrons. The van der Waals surface area contributed by atoms with Gasteiger partial charge in [0.1, 0.15) is 5.75 Å². The lowest BCUT2D eigenvalue weighted by Crippen LogP contribution is -2.25. The molecule has 1 aliphatic rings. The summed E-state index contributed by atoms with van der Waals surface area (Å²) in [6, 6.07) is 7.91. The Bertz CT molecular complexity index is 787. The minimum absolute atomic E-state index is 0.296. The monoisotopic (exact) mass is 355 g/mol. The summed E-state index contributed by atoms with van der Waals surface area (Å²) in [6.45, 7) is 8.33. The Hall–Kier alpha value is -2.63. The number of esters is 1. The van der Waals surface area contributed by atoms with E-state index in [4.69, 9.17) is 9.47 Å². The number of aryl methyl sites for hydroxylation is 3. The number of carbonyl (C=O) groups excluding carboxylic acids is 1. The molecule has 0 spiro atoms. The van der Waals surface area contributed by atoms with Crippen molar-refractivity contribution in [3.8, 4) is 5.75 Å². The van der Waals surface area contributed by atoms with Gasteiger partial charge < -0.3 is 14.4 Å². The molecular weight excluding hydrogens is 330 g/mol. The van der Waals surface area contributed by atoms with Crippen LogP contribution in [0.3, 0.4) is 0 Å². The van der Waals surface area contributed by atoms with E-state index in [1.165, 1.54) is 18.2 Å². The summed E-state index contributed by atoms with van der Waals surface area (Å²) in [5, 5.41) is 0. The highest BCUT2D eigenvalue weighted by Crippen LogP contribution is 2.23. The van der Waals surface area contributed by atoms with Crippen LogP contribution in [0.1, 0.15) is 33.7 Å². The van der Waals surface area contributed by atoms with Crippen LogP contribution in [0.25, 0.3) is 0 Å². The SMILES string of the molecule is COC(=O)c1cc(C)nc(N2CCC(COc3cc(C)cc(C)c3)C2)n1. The van der Waals surface area contributed by atoms with Crippen molar-refractivity contribution in [3.63, 3.8) is 0 Å². The molecule has 26 heavy (non-hydrogen) atoms. The lowest BCUT2D eigenvalue weighted by molar-refractivity contribution is 0.0593. The number of carbonyl (C=O) groups is 1. The summed E-state index contributed by atoms with van der Waals surface area (Å²) in [7, 11) is 1.36. The summed E-state index contributed by atoms with van der Waals surface area (Å²) in [5.74, 6) is 1.46. The first-order valence-electron chi connectivity index (χ1n) is 8.84. The van der Waals surface area contributed by atoms with Crippen molar-refractivity contribution in [1.82, 2.24) is 9.97 Å². The first kappa shape index (κ1) is 18.2. The molecule has 1 saturated heterocycles. The third-order valence-electron chi connectivity index (χ3n) is 4.49. The zero-order chi connectivity index (χ0) is 18.7. The Morgan fingerprint density at radius 2 is 1.88 bits per heavy atom. The standard InChI is InChI=1S/C20H25N3O3/c1-13-7-14(2)9-17(8-13)26-12-16-5-6-23(11-16)20-21-15(3)10-18(22-20)19(24)25-4/h7-10,16H,5-6,11-12H2,1-4H3. The second-order valence-corrected chi connectivity index (χ2v) is 6.92. The lowest BCUT2D eigenvalue weighted by Gasteiger charge is -2.18. The maximum atomic E-state index is 11.8. The molecule has 6 nitrogen and oxygen atoms in total. The summed E-state index contributed by atoms with van der Waals surface area (Å²) in [6.07, 6.45) is 1.01. The number of ether oxygens (including phenoxy) is 2. The van der Waals surface area contributed by atoms with Gasteiger partial charge in [0, 0.05) is 24.7 Å². The van der Waals surface area contributed by atoms with Crippen LogP contribution in [-0.4, -0.2) is 42.7 Å². The van der Waals surface area contributed by atoms with Crippen molar-refractivity contribution in [1.29, 1.82) is 0 Å². The van der Waals surface area contributed by atoms with Crippen molar-refractivity contribution < 1.29 is 14.3 Å². The van der Waals surface area contributed by atoms with Crippen molar-refractivity contribution in [2.45, 2.75) is 27.2 Å². The van der Waals surface area contributed by atoms with Crippen molar-refractivity contribution in [2.24, 2.45) is 5.92 Å². The summed E-state index contributed by atoms with van der Waals surface area (Å²) in [5.41, 5.74) is 3.46. The Labute approximate surface area is 154 Å². The summed E-state index contributed by atoms with van der Waals surface area (Å²) < 4.78 is 10.8. The zero-order valence-corrected chi connectivity index (χ0v) is 15.8. The average molecular weight is 355 g/mol. The van der Waals surface area contributed by atoms with E-state index < -0.39 is 5.97 Å². The lowest BCUT2D eigenvalue weighted by atomic mass is 10.1. The number of hydrogen-bond acceptors (Lipinski definition) is 6. The first-order valence-corrected chi connectivity index (χ1v) is 8.84. The van der Waals surface area contributed by atoms with Gasteiger partial charge in [0.15, 0.2) is 5.69 Å². The van der Waals surface area contributed by atoms with Gasteiger partial charge in [0.05, 0.1) is 13.7 Å². The molecule has 2 aromatic rings. The highest BCUT2D eigenvalue weighted by atomic mass is 16.5. The first-order chi connectivity index (χ1) is 12.4. The Morgan fingerprint density at radius 3 is 2.58 bits per heavy atom. The minimum Gasteiger partial charge on any atom is -0.493 e. The molecule has 0 aliphatic carbocycles. The third-order valence-corrected chi connectivity index (χ3v) is 4.49. The largest absolute Gasteiger partial charge is 0.493 e. The van der Waals surface area contributed by atoms with Gasteiger partial charge in [0.2, 0.25) is 5.95 Å². The number of rotatable bonds is 5. The highest BCUT2D eigenvalue weighted by Gasteiger charge is 2.26. The van der Waals surface area contributed by atoms with Gasteiger partial charge in [-0.1, -0.05) is 6.07 Å². The number of nitrogens with zero attached hydrogens (tertiary/aromatic N) is 3. The van der Waals surface area contributed by atoms with E-state index in [1.54, 1.807) is 6.07 Å². The number of methoxy groups -OCH3 is 1. The van der Waals surface area contributed by atoms with Gasteiger partial charge in [-0.3, -0.25) is 0 Å². The van der Waals surface area contributed by atoms with Crippen molar-refractivity contribution in [3.05, 3.63) is 46.8 Å². The molecule has 0 bridgehead atoms. The van der Waals surface area contributed by atoms with Crippen LogP contribution in [0.15, 0.2) is 24.3 Å². The molecule has 0 radical (unpaired) electrons. The average Bonchev–Trinajstić information content (AvgIpc) is 3.07. The fourth-order valence-electron chi connectivity index (χ4n) is 3.28. The third kappa shape index (κ3) is 4.31. The van der Waals surface area contributed by atoms with Gasteiger partial charge in [-0.05, 0) is 56.5 Å². The van der Waals surface area contributed by atoms with Crippen molar-refractivity contribution >= 4 is 11.9 Å². The topological polar surface area (TPSA) is 64.5 Å². The van der Waals surface area contributed by atoms with Gasteiger partial charge in [0.25, 0.3) is 0 Å². The van der Waals surface area contributed by atoms with Crippen LogP contribution in [0.5, 0.6) is 5.75 Å². The van der Waals surface area contributed by atoms with E-state index in [-0.39, 0.29) is 0 Å². The Kier molecular flexibility index (Phi) is 5.40. The summed E-state index contributed by atoms with van der Waals surface area (Å²) >= 11 is 0. The van der Waals surface area contributed by atoms with E-state index in [9.17, 15) is 4.79 Å². The molecule has 3 rings (SSSR count). The predicted molar refractivity (Wildman–Crippen MR) is 99.8 cm³/mol. The Balaban J connectivity index is 1.63. The number of anilines is 1. The maximum Gasteiger partial charge on any atom is 0.356 e. The van der Waals surface area contributed by atoms with Crippen LogP contribution >= 0.6 is 0 Å². The minimum atomic E-state index is -0.439. The molecule has 2 heterocycles. The molecule has 1 aromatic heterocycles. The molecule has 1 unspecified atom stereocenters. The second-order valence-electron chi connectivity index (χ2n) is 6.92. The molecule has 1 aromatic carbocycles. The molecule has 1 atom stereocenters. The number of benzene rings is 1. The molecule has 1 aliphatic heterocycles. The van der Waals surface area contributed by atoms with E-state index in [0.717, 1.165) is 31.0 Å². The normalized spacial score (nSPS) is 16.6.